The van der Waals surface area contributed by atoms with Crippen LogP contribution in [0.5, 0.6) is 5.75 Å². The lowest BCUT2D eigenvalue weighted by Crippen LogP contribution is -2.53. The largest absolute Gasteiger partial charge is 0.484 e. The van der Waals surface area contributed by atoms with E-state index in [1.54, 1.807) is 4.90 Å². The number of carbonyl (C=O) groups is 2. The fourth-order valence-corrected chi connectivity index (χ4v) is 5.05. The van der Waals surface area contributed by atoms with E-state index in [2.05, 4.69) is 34.0 Å². The molecule has 5 nitrogen and oxygen atoms in total. The van der Waals surface area contributed by atoms with Crippen LogP contribution >= 0.6 is 22.6 Å². The molecule has 1 saturated carbocycles. The zero-order valence-corrected chi connectivity index (χ0v) is 22.8. The van der Waals surface area contributed by atoms with Crippen molar-refractivity contribution in [3.05, 3.63) is 99.1 Å². The number of nitrogens with zero attached hydrogens (tertiary/aromatic N) is 1. The summed E-state index contributed by atoms with van der Waals surface area (Å²) in [5, 5.41) is 3.24. The minimum Gasteiger partial charge on any atom is -0.484 e. The number of benzene rings is 3. The minimum atomic E-state index is -0.638. The van der Waals surface area contributed by atoms with Crippen LogP contribution in [0.4, 0.5) is 0 Å². The number of hydrogen-bond acceptors (Lipinski definition) is 3. The van der Waals surface area contributed by atoms with Gasteiger partial charge in [0.05, 0.1) is 0 Å². The maximum atomic E-state index is 13.7. The van der Waals surface area contributed by atoms with Crippen LogP contribution in [0.2, 0.25) is 0 Å². The molecule has 0 saturated heterocycles. The molecule has 0 radical (unpaired) electrons. The van der Waals surface area contributed by atoms with Gasteiger partial charge in [-0.3, -0.25) is 9.59 Å². The van der Waals surface area contributed by atoms with Gasteiger partial charge < -0.3 is 15.0 Å². The molecule has 1 fully saturated rings. The lowest BCUT2D eigenvalue weighted by molar-refractivity contribution is -0.143. The topological polar surface area (TPSA) is 58.6 Å². The van der Waals surface area contributed by atoms with Crippen molar-refractivity contribution in [3.8, 4) is 5.75 Å². The van der Waals surface area contributed by atoms with E-state index in [1.165, 1.54) is 0 Å². The smallest absolute Gasteiger partial charge is 0.261 e. The van der Waals surface area contributed by atoms with Gasteiger partial charge in [0.25, 0.3) is 5.91 Å². The zero-order chi connectivity index (χ0) is 25.3. The lowest BCUT2D eigenvalue weighted by Gasteiger charge is -2.32. The average Bonchev–Trinajstić information content (AvgIpc) is 3.39. The Balaban J connectivity index is 1.60. The highest BCUT2D eigenvalue weighted by atomic mass is 127. The molecule has 1 aliphatic carbocycles. The molecule has 3 aromatic rings. The molecule has 1 atom stereocenters. The van der Waals surface area contributed by atoms with Gasteiger partial charge in [-0.1, -0.05) is 73.0 Å². The molecular weight excluding hydrogens is 563 g/mol. The summed E-state index contributed by atoms with van der Waals surface area (Å²) in [7, 11) is 0. The second kappa shape index (κ2) is 12.9. The quantitative estimate of drug-likeness (QED) is 0.307. The molecule has 0 spiro atoms. The third kappa shape index (κ3) is 7.56. The van der Waals surface area contributed by atoms with Crippen LogP contribution in [-0.4, -0.2) is 35.4 Å². The van der Waals surface area contributed by atoms with Gasteiger partial charge in [-0.2, -0.15) is 0 Å². The maximum absolute atomic E-state index is 13.7. The molecule has 0 heterocycles. The van der Waals surface area contributed by atoms with Crippen molar-refractivity contribution in [2.24, 2.45) is 0 Å². The number of aryl methyl sites for hydroxylation is 1. The van der Waals surface area contributed by atoms with Crippen molar-refractivity contribution in [2.45, 2.75) is 57.7 Å². The van der Waals surface area contributed by atoms with E-state index in [1.807, 2.05) is 79.7 Å². The lowest BCUT2D eigenvalue weighted by atomic mass is 10.0. The molecular formula is C30H33IN2O3. The summed E-state index contributed by atoms with van der Waals surface area (Å²) < 4.78 is 6.95. The summed E-state index contributed by atoms with van der Waals surface area (Å²) >= 11 is 2.24. The molecule has 0 unspecified atom stereocenters. The fourth-order valence-electron chi connectivity index (χ4n) is 4.69. The number of halogens is 1. The second-order valence-electron chi connectivity index (χ2n) is 9.45. The van der Waals surface area contributed by atoms with E-state index < -0.39 is 6.04 Å². The SMILES string of the molecule is Cc1cccc(CN(C(=O)COc2ccc(I)cc2)[C@H](Cc2ccccc2)C(=O)NC2CCCC2)c1. The van der Waals surface area contributed by atoms with Crippen LogP contribution in [0.3, 0.4) is 0 Å². The fraction of sp³-hybridized carbons (Fsp3) is 0.333. The first kappa shape index (κ1) is 26.2. The Hall–Kier alpha value is -2.87. The van der Waals surface area contributed by atoms with E-state index in [0.29, 0.717) is 18.7 Å². The third-order valence-corrected chi connectivity index (χ3v) is 7.30. The van der Waals surface area contributed by atoms with E-state index in [-0.39, 0.29) is 24.5 Å². The Kier molecular flexibility index (Phi) is 9.39. The monoisotopic (exact) mass is 596 g/mol. The van der Waals surface area contributed by atoms with Gasteiger partial charge in [0.15, 0.2) is 6.61 Å². The van der Waals surface area contributed by atoms with E-state index >= 15 is 0 Å². The van der Waals surface area contributed by atoms with Crippen molar-refractivity contribution >= 4 is 34.4 Å². The Morgan fingerprint density at radius 2 is 1.67 bits per heavy atom. The van der Waals surface area contributed by atoms with Gasteiger partial charge in [-0.15, -0.1) is 0 Å². The summed E-state index contributed by atoms with van der Waals surface area (Å²) in [6.45, 7) is 2.24. The normalized spacial score (nSPS) is 14.3. The van der Waals surface area contributed by atoms with Crippen LogP contribution in [0.25, 0.3) is 0 Å². The third-order valence-electron chi connectivity index (χ3n) is 6.58. The number of ether oxygens (including phenoxy) is 1. The van der Waals surface area contributed by atoms with Gasteiger partial charge in [0.1, 0.15) is 11.8 Å². The molecule has 4 rings (SSSR count). The molecule has 0 bridgehead atoms. The standard InChI is InChI=1S/C30H33IN2O3/c1-22-8-7-11-24(18-22)20-33(29(34)21-36-27-16-14-25(31)15-17-27)28(19-23-9-3-2-4-10-23)30(35)32-26-12-5-6-13-26/h2-4,7-11,14-18,26,28H,5-6,12-13,19-21H2,1H3,(H,32,35)/t28-/m1/s1. The van der Waals surface area contributed by atoms with Crippen molar-refractivity contribution in [1.29, 1.82) is 0 Å². The van der Waals surface area contributed by atoms with Crippen LogP contribution in [-0.2, 0) is 22.6 Å². The summed E-state index contributed by atoms with van der Waals surface area (Å²) in [4.78, 5) is 29.0. The van der Waals surface area contributed by atoms with Crippen molar-refractivity contribution < 1.29 is 14.3 Å². The van der Waals surface area contributed by atoms with Gasteiger partial charge in [0.2, 0.25) is 5.91 Å². The molecule has 1 aliphatic rings. The number of rotatable bonds is 10. The van der Waals surface area contributed by atoms with Gasteiger partial charge >= 0.3 is 0 Å². The summed E-state index contributed by atoms with van der Waals surface area (Å²) in [5.41, 5.74) is 3.12. The van der Waals surface area contributed by atoms with Crippen molar-refractivity contribution in [1.82, 2.24) is 10.2 Å². The van der Waals surface area contributed by atoms with E-state index in [4.69, 9.17) is 4.74 Å². The molecule has 6 heteroatoms. The maximum Gasteiger partial charge on any atom is 0.261 e. The number of amides is 2. The van der Waals surface area contributed by atoms with Crippen LogP contribution < -0.4 is 10.1 Å². The van der Waals surface area contributed by atoms with Crippen LogP contribution in [0.1, 0.15) is 42.4 Å². The van der Waals surface area contributed by atoms with Crippen LogP contribution in [0, 0.1) is 10.5 Å². The highest BCUT2D eigenvalue weighted by Gasteiger charge is 2.32. The predicted octanol–water partition coefficient (Wildman–Crippen LogP) is 5.68. The van der Waals surface area contributed by atoms with Crippen molar-refractivity contribution in [3.63, 3.8) is 0 Å². The molecule has 0 aromatic heterocycles. The summed E-state index contributed by atoms with van der Waals surface area (Å²) in [6.07, 6.45) is 4.69. The predicted molar refractivity (Wildman–Crippen MR) is 151 cm³/mol. The molecule has 2 amide bonds. The van der Waals surface area contributed by atoms with E-state index in [0.717, 1.165) is 45.9 Å². The summed E-state index contributed by atoms with van der Waals surface area (Å²) in [6, 6.07) is 25.1. The average molecular weight is 597 g/mol. The molecule has 188 valence electrons. The van der Waals surface area contributed by atoms with Gasteiger partial charge in [-0.25, -0.2) is 0 Å². The Morgan fingerprint density at radius 1 is 0.972 bits per heavy atom. The second-order valence-corrected chi connectivity index (χ2v) is 10.7. The Morgan fingerprint density at radius 3 is 2.36 bits per heavy atom. The highest BCUT2D eigenvalue weighted by Crippen LogP contribution is 2.21. The Bertz CT molecular complexity index is 1140. The first-order valence-electron chi connectivity index (χ1n) is 12.6. The van der Waals surface area contributed by atoms with E-state index in [9.17, 15) is 9.59 Å². The highest BCUT2D eigenvalue weighted by molar-refractivity contribution is 14.1. The summed E-state index contributed by atoms with van der Waals surface area (Å²) in [5.74, 6) is 0.327. The number of carbonyl (C=O) groups excluding carboxylic acids is 2. The minimum absolute atomic E-state index is 0.0963. The molecule has 36 heavy (non-hydrogen) atoms. The molecule has 3 aromatic carbocycles. The zero-order valence-electron chi connectivity index (χ0n) is 20.7. The first-order valence-corrected chi connectivity index (χ1v) is 13.6. The Labute approximate surface area is 227 Å². The molecule has 0 aliphatic heterocycles. The number of nitrogens with one attached hydrogen (secondary N) is 1. The van der Waals surface area contributed by atoms with Crippen LogP contribution in [0.15, 0.2) is 78.9 Å². The number of hydrogen-bond donors (Lipinski definition) is 1. The van der Waals surface area contributed by atoms with Gasteiger partial charge in [0, 0.05) is 22.6 Å². The first-order chi connectivity index (χ1) is 17.5. The molecule has 1 N–H and O–H groups in total. The van der Waals surface area contributed by atoms with Crippen molar-refractivity contribution in [2.75, 3.05) is 6.61 Å². The van der Waals surface area contributed by atoms with Gasteiger partial charge in [-0.05, 0) is 77.7 Å².